The van der Waals surface area contributed by atoms with E-state index in [9.17, 15) is 9.59 Å². The maximum atomic E-state index is 11.9. The van der Waals surface area contributed by atoms with Gasteiger partial charge in [-0.2, -0.15) is 0 Å². The number of hydrogen-bond donors (Lipinski definition) is 3. The second-order valence-corrected chi connectivity index (χ2v) is 5.28. The summed E-state index contributed by atoms with van der Waals surface area (Å²) in [7, 11) is 1.65. The van der Waals surface area contributed by atoms with Crippen LogP contribution in [0, 0.1) is 0 Å². The Morgan fingerprint density at radius 3 is 2.73 bits per heavy atom. The molecule has 6 nitrogen and oxygen atoms in total. The van der Waals surface area contributed by atoms with Gasteiger partial charge in [0, 0.05) is 31.0 Å². The molecule has 0 aliphatic rings. The number of methoxy groups -OCH3 is 1. The van der Waals surface area contributed by atoms with E-state index in [4.69, 9.17) is 4.74 Å². The third-order valence-corrected chi connectivity index (χ3v) is 2.82. The van der Waals surface area contributed by atoms with Gasteiger partial charge in [0.25, 0.3) is 5.91 Å². The Labute approximate surface area is 131 Å². The van der Waals surface area contributed by atoms with Crippen LogP contribution in [-0.2, 0) is 9.53 Å². The molecule has 0 aliphatic heterocycles. The van der Waals surface area contributed by atoms with E-state index in [-0.39, 0.29) is 24.4 Å². The zero-order chi connectivity index (χ0) is 16.4. The minimum Gasteiger partial charge on any atom is -0.385 e. The SMILES string of the molecule is COCCCNCC(=O)Nc1cccc(C(=O)NC(C)C)c1. The number of carbonyl (C=O) groups excluding carboxylic acids is 2. The lowest BCUT2D eigenvalue weighted by molar-refractivity contribution is -0.115. The topological polar surface area (TPSA) is 79.5 Å². The molecule has 6 heteroatoms. The predicted molar refractivity (Wildman–Crippen MR) is 87.0 cm³/mol. The summed E-state index contributed by atoms with van der Waals surface area (Å²) in [6.45, 7) is 5.42. The number of carbonyl (C=O) groups is 2. The molecule has 0 bridgehead atoms. The Morgan fingerprint density at radius 1 is 1.27 bits per heavy atom. The van der Waals surface area contributed by atoms with Gasteiger partial charge in [0.15, 0.2) is 0 Å². The van der Waals surface area contributed by atoms with Crippen molar-refractivity contribution in [1.29, 1.82) is 0 Å². The van der Waals surface area contributed by atoms with Crippen molar-refractivity contribution in [3.63, 3.8) is 0 Å². The van der Waals surface area contributed by atoms with E-state index in [1.807, 2.05) is 13.8 Å². The van der Waals surface area contributed by atoms with E-state index in [2.05, 4.69) is 16.0 Å². The van der Waals surface area contributed by atoms with E-state index in [1.54, 1.807) is 31.4 Å². The van der Waals surface area contributed by atoms with Crippen LogP contribution in [0.25, 0.3) is 0 Å². The van der Waals surface area contributed by atoms with Gasteiger partial charge in [0.05, 0.1) is 6.54 Å². The normalized spacial score (nSPS) is 10.5. The zero-order valence-corrected chi connectivity index (χ0v) is 13.4. The summed E-state index contributed by atoms with van der Waals surface area (Å²) in [4.78, 5) is 23.7. The fourth-order valence-corrected chi connectivity index (χ4v) is 1.83. The standard InChI is InChI=1S/C16H25N3O3/c1-12(2)18-16(21)13-6-4-7-14(10-13)19-15(20)11-17-8-5-9-22-3/h4,6-7,10,12,17H,5,8-9,11H2,1-3H3,(H,18,21)(H,19,20). The first kappa shape index (κ1) is 18.1. The fourth-order valence-electron chi connectivity index (χ4n) is 1.83. The van der Waals surface area contributed by atoms with Crippen molar-refractivity contribution >= 4 is 17.5 Å². The second kappa shape index (κ2) is 9.92. The van der Waals surface area contributed by atoms with Crippen molar-refractivity contribution in [2.24, 2.45) is 0 Å². The first-order valence-corrected chi connectivity index (χ1v) is 7.43. The zero-order valence-electron chi connectivity index (χ0n) is 13.4. The molecule has 122 valence electrons. The third kappa shape index (κ3) is 7.19. The van der Waals surface area contributed by atoms with Gasteiger partial charge in [0.2, 0.25) is 5.91 Å². The molecule has 1 rings (SSSR count). The van der Waals surface area contributed by atoms with Crippen molar-refractivity contribution in [3.8, 4) is 0 Å². The first-order valence-electron chi connectivity index (χ1n) is 7.43. The van der Waals surface area contributed by atoms with E-state index in [0.717, 1.165) is 13.0 Å². The summed E-state index contributed by atoms with van der Waals surface area (Å²) in [6.07, 6.45) is 0.856. The van der Waals surface area contributed by atoms with E-state index >= 15 is 0 Å². The average molecular weight is 307 g/mol. The molecule has 0 aliphatic carbocycles. The summed E-state index contributed by atoms with van der Waals surface area (Å²) < 4.78 is 4.93. The van der Waals surface area contributed by atoms with Gasteiger partial charge in [-0.15, -0.1) is 0 Å². The molecule has 0 unspecified atom stereocenters. The Hall–Kier alpha value is -1.92. The number of ether oxygens (including phenoxy) is 1. The fraction of sp³-hybridized carbons (Fsp3) is 0.500. The molecule has 1 aromatic carbocycles. The van der Waals surface area contributed by atoms with Crippen molar-refractivity contribution < 1.29 is 14.3 Å². The molecule has 22 heavy (non-hydrogen) atoms. The lowest BCUT2D eigenvalue weighted by Crippen LogP contribution is -2.30. The quantitative estimate of drug-likeness (QED) is 0.602. The van der Waals surface area contributed by atoms with Crippen LogP contribution in [0.2, 0.25) is 0 Å². The summed E-state index contributed by atoms with van der Waals surface area (Å²) in [5.41, 5.74) is 1.14. The molecule has 0 atom stereocenters. The third-order valence-electron chi connectivity index (χ3n) is 2.82. The summed E-state index contributed by atoms with van der Waals surface area (Å²) >= 11 is 0. The van der Waals surface area contributed by atoms with E-state index in [0.29, 0.717) is 17.9 Å². The van der Waals surface area contributed by atoms with E-state index < -0.39 is 0 Å². The number of nitrogens with one attached hydrogen (secondary N) is 3. The van der Waals surface area contributed by atoms with Crippen molar-refractivity contribution in [2.75, 3.05) is 32.1 Å². The lowest BCUT2D eigenvalue weighted by atomic mass is 10.1. The van der Waals surface area contributed by atoms with Gasteiger partial charge < -0.3 is 20.7 Å². The molecule has 0 saturated heterocycles. The van der Waals surface area contributed by atoms with Crippen LogP contribution in [0.3, 0.4) is 0 Å². The Kier molecular flexibility index (Phi) is 8.17. The number of amides is 2. The molecule has 0 spiro atoms. The Balaban J connectivity index is 2.45. The Bertz CT molecular complexity index is 489. The number of anilines is 1. The monoisotopic (exact) mass is 307 g/mol. The molecule has 3 N–H and O–H groups in total. The molecule has 0 saturated carbocycles. The molecular weight excluding hydrogens is 282 g/mol. The van der Waals surface area contributed by atoms with Crippen molar-refractivity contribution in [1.82, 2.24) is 10.6 Å². The van der Waals surface area contributed by atoms with Gasteiger partial charge >= 0.3 is 0 Å². The maximum absolute atomic E-state index is 11.9. The predicted octanol–water partition coefficient (Wildman–Crippen LogP) is 1.39. The highest BCUT2D eigenvalue weighted by Gasteiger charge is 2.08. The summed E-state index contributed by atoms with van der Waals surface area (Å²) in [5.74, 6) is -0.289. The maximum Gasteiger partial charge on any atom is 0.251 e. The largest absolute Gasteiger partial charge is 0.385 e. The molecule has 0 fully saturated rings. The molecule has 2 amide bonds. The van der Waals surface area contributed by atoms with Crippen LogP contribution in [0.1, 0.15) is 30.6 Å². The van der Waals surface area contributed by atoms with Gasteiger partial charge in [-0.3, -0.25) is 9.59 Å². The number of rotatable bonds is 9. The van der Waals surface area contributed by atoms with Crippen LogP contribution in [-0.4, -0.2) is 44.7 Å². The smallest absolute Gasteiger partial charge is 0.251 e. The number of hydrogen-bond acceptors (Lipinski definition) is 4. The molecular formula is C16H25N3O3. The van der Waals surface area contributed by atoms with Gasteiger partial charge in [-0.25, -0.2) is 0 Å². The van der Waals surface area contributed by atoms with Crippen molar-refractivity contribution in [2.45, 2.75) is 26.3 Å². The van der Waals surface area contributed by atoms with Crippen LogP contribution in [0.5, 0.6) is 0 Å². The van der Waals surface area contributed by atoms with Gasteiger partial charge in [0.1, 0.15) is 0 Å². The number of benzene rings is 1. The lowest BCUT2D eigenvalue weighted by Gasteiger charge is -2.10. The molecule has 0 heterocycles. The van der Waals surface area contributed by atoms with Crippen LogP contribution in [0.15, 0.2) is 24.3 Å². The highest BCUT2D eigenvalue weighted by molar-refractivity contribution is 5.97. The van der Waals surface area contributed by atoms with Crippen LogP contribution < -0.4 is 16.0 Å². The first-order chi connectivity index (χ1) is 10.5. The van der Waals surface area contributed by atoms with Crippen LogP contribution >= 0.6 is 0 Å². The molecule has 0 radical (unpaired) electrons. The molecule has 0 aromatic heterocycles. The molecule has 1 aromatic rings. The van der Waals surface area contributed by atoms with Crippen LogP contribution in [0.4, 0.5) is 5.69 Å². The highest BCUT2D eigenvalue weighted by atomic mass is 16.5. The second-order valence-electron chi connectivity index (χ2n) is 5.28. The van der Waals surface area contributed by atoms with Gasteiger partial charge in [-0.05, 0) is 45.0 Å². The summed E-state index contributed by atoms with van der Waals surface area (Å²) in [5, 5.41) is 8.62. The highest BCUT2D eigenvalue weighted by Crippen LogP contribution is 2.10. The Morgan fingerprint density at radius 2 is 2.05 bits per heavy atom. The van der Waals surface area contributed by atoms with E-state index in [1.165, 1.54) is 0 Å². The summed E-state index contributed by atoms with van der Waals surface area (Å²) in [6, 6.07) is 6.96. The minimum absolute atomic E-state index is 0.0713. The van der Waals surface area contributed by atoms with Gasteiger partial charge in [-0.1, -0.05) is 6.07 Å². The van der Waals surface area contributed by atoms with Crippen molar-refractivity contribution in [3.05, 3.63) is 29.8 Å². The average Bonchev–Trinajstić information content (AvgIpc) is 2.46. The minimum atomic E-state index is -0.149.